The summed E-state index contributed by atoms with van der Waals surface area (Å²) in [4.78, 5) is 8.91. The summed E-state index contributed by atoms with van der Waals surface area (Å²) >= 11 is 1.92. The third kappa shape index (κ3) is 2.72. The molecule has 0 radical (unpaired) electrons. The van der Waals surface area contributed by atoms with Crippen LogP contribution in [0.2, 0.25) is 0 Å². The molecule has 0 saturated heterocycles. The van der Waals surface area contributed by atoms with E-state index in [1.807, 2.05) is 18.4 Å². The molecule has 3 nitrogen and oxygen atoms in total. The molecule has 0 amide bonds. The zero-order chi connectivity index (χ0) is 14.4. The molecule has 0 aliphatic heterocycles. The van der Waals surface area contributed by atoms with Gasteiger partial charge in [0.05, 0.1) is 5.69 Å². The third-order valence-corrected chi connectivity index (χ3v) is 6.92. The van der Waals surface area contributed by atoms with Gasteiger partial charge in [0.25, 0.3) is 0 Å². The maximum atomic E-state index is 5.00. The van der Waals surface area contributed by atoms with Gasteiger partial charge in [-0.05, 0) is 56.9 Å². The predicted octanol–water partition coefficient (Wildman–Crippen LogP) is 3.61. The van der Waals surface area contributed by atoms with Crippen LogP contribution in [0, 0.1) is 17.8 Å². The Balaban J connectivity index is 1.46. The van der Waals surface area contributed by atoms with Crippen molar-refractivity contribution in [2.45, 2.75) is 51.0 Å². The van der Waals surface area contributed by atoms with Gasteiger partial charge in [-0.15, -0.1) is 11.3 Å². The molecule has 4 rings (SSSR count). The fourth-order valence-corrected chi connectivity index (χ4v) is 5.63. The van der Waals surface area contributed by atoms with Crippen LogP contribution < -0.4 is 10.2 Å². The lowest BCUT2D eigenvalue weighted by atomic mass is 9.88. The van der Waals surface area contributed by atoms with Crippen molar-refractivity contribution in [2.24, 2.45) is 17.8 Å². The average molecular weight is 305 g/mol. The first-order chi connectivity index (χ1) is 10.2. The van der Waals surface area contributed by atoms with Crippen LogP contribution in [0.15, 0.2) is 0 Å². The Morgan fingerprint density at radius 2 is 2.10 bits per heavy atom. The summed E-state index contributed by atoms with van der Waals surface area (Å²) in [6.07, 6.45) is 8.65. The lowest BCUT2D eigenvalue weighted by molar-refractivity contribution is 0.337. The van der Waals surface area contributed by atoms with Gasteiger partial charge in [0.2, 0.25) is 0 Å². The summed E-state index contributed by atoms with van der Waals surface area (Å²) in [7, 11) is 4.29. The number of nitrogens with one attached hydrogen (secondary N) is 1. The second kappa shape index (κ2) is 5.54. The molecule has 1 aromatic heterocycles. The van der Waals surface area contributed by atoms with Crippen LogP contribution in [-0.2, 0) is 6.54 Å². The van der Waals surface area contributed by atoms with Crippen molar-refractivity contribution in [1.82, 2.24) is 10.3 Å². The molecule has 3 aliphatic rings. The molecular weight excluding hydrogens is 278 g/mol. The molecule has 3 aliphatic carbocycles. The molecule has 3 fully saturated rings. The van der Waals surface area contributed by atoms with Crippen LogP contribution in [0.5, 0.6) is 0 Å². The fraction of sp³-hybridized carbons (Fsp3) is 0.824. The van der Waals surface area contributed by atoms with Crippen LogP contribution in [0.4, 0.5) is 5.13 Å². The summed E-state index contributed by atoms with van der Waals surface area (Å²) in [6, 6.07) is 0. The molecule has 116 valence electrons. The molecule has 3 saturated carbocycles. The van der Waals surface area contributed by atoms with E-state index in [9.17, 15) is 0 Å². The zero-order valence-corrected chi connectivity index (χ0v) is 14.1. The van der Waals surface area contributed by atoms with E-state index in [-0.39, 0.29) is 0 Å². The van der Waals surface area contributed by atoms with Crippen LogP contribution in [0.3, 0.4) is 0 Å². The highest BCUT2D eigenvalue weighted by Crippen LogP contribution is 2.49. The van der Waals surface area contributed by atoms with Gasteiger partial charge < -0.3 is 10.2 Å². The summed E-state index contributed by atoms with van der Waals surface area (Å²) in [5.41, 5.74) is 1.39. The van der Waals surface area contributed by atoms with E-state index >= 15 is 0 Å². The normalized spacial score (nSPS) is 31.0. The van der Waals surface area contributed by atoms with Gasteiger partial charge >= 0.3 is 0 Å². The highest BCUT2D eigenvalue weighted by Gasteiger charge is 2.40. The van der Waals surface area contributed by atoms with Crippen molar-refractivity contribution < 1.29 is 0 Å². The van der Waals surface area contributed by atoms with E-state index < -0.39 is 0 Å². The molecule has 0 aromatic carbocycles. The highest BCUT2D eigenvalue weighted by atomic mass is 32.1. The summed E-state index contributed by atoms with van der Waals surface area (Å²) in [6.45, 7) is 2.20. The van der Waals surface area contributed by atoms with Gasteiger partial charge in [-0.1, -0.05) is 6.42 Å². The van der Waals surface area contributed by atoms with E-state index in [0.29, 0.717) is 0 Å². The number of hydrogen-bond acceptors (Lipinski definition) is 4. The lowest BCUT2D eigenvalue weighted by Crippen LogP contribution is -2.28. The SMILES string of the molecule is CNCc1sc(N(C)CC2CC3CCC2C3)nc1C1CC1. The molecule has 2 bridgehead atoms. The van der Waals surface area contributed by atoms with Gasteiger partial charge in [-0.2, -0.15) is 0 Å². The van der Waals surface area contributed by atoms with E-state index in [2.05, 4.69) is 17.3 Å². The predicted molar refractivity (Wildman–Crippen MR) is 89.1 cm³/mol. The Morgan fingerprint density at radius 3 is 2.71 bits per heavy atom. The summed E-state index contributed by atoms with van der Waals surface area (Å²) < 4.78 is 0. The standard InChI is InChI=1S/C17H27N3S/c1-18-9-15-16(12-5-6-12)19-17(21-15)20(2)10-14-8-11-3-4-13(14)7-11/h11-14,18H,3-10H2,1-2H3. The van der Waals surface area contributed by atoms with Crippen molar-refractivity contribution in [2.75, 3.05) is 25.5 Å². The van der Waals surface area contributed by atoms with E-state index in [4.69, 9.17) is 4.98 Å². The van der Waals surface area contributed by atoms with Gasteiger partial charge in [0.15, 0.2) is 5.13 Å². The Kier molecular flexibility index (Phi) is 3.70. The van der Waals surface area contributed by atoms with Crippen molar-refractivity contribution in [3.63, 3.8) is 0 Å². The third-order valence-electron chi connectivity index (χ3n) is 5.74. The highest BCUT2D eigenvalue weighted by molar-refractivity contribution is 7.15. The van der Waals surface area contributed by atoms with Gasteiger partial charge in [0.1, 0.15) is 0 Å². The number of nitrogens with zero attached hydrogens (tertiary/aromatic N) is 2. The Bertz CT molecular complexity index is 508. The molecular formula is C17H27N3S. The minimum absolute atomic E-state index is 0.759. The molecule has 1 aromatic rings. The number of anilines is 1. The Labute approximate surface area is 132 Å². The van der Waals surface area contributed by atoms with Crippen LogP contribution >= 0.6 is 11.3 Å². The first-order valence-electron chi connectivity index (χ1n) is 8.60. The van der Waals surface area contributed by atoms with Crippen LogP contribution in [0.25, 0.3) is 0 Å². The Hall–Kier alpha value is -0.610. The van der Waals surface area contributed by atoms with Crippen molar-refractivity contribution in [3.8, 4) is 0 Å². The minimum Gasteiger partial charge on any atom is -0.351 e. The second-order valence-electron chi connectivity index (χ2n) is 7.42. The quantitative estimate of drug-likeness (QED) is 0.870. The van der Waals surface area contributed by atoms with E-state index in [0.717, 1.165) is 30.2 Å². The van der Waals surface area contributed by atoms with Gasteiger partial charge in [-0.3, -0.25) is 0 Å². The molecule has 1 heterocycles. The zero-order valence-electron chi connectivity index (χ0n) is 13.3. The van der Waals surface area contributed by atoms with E-state index in [1.165, 1.54) is 60.8 Å². The fourth-order valence-electron chi connectivity index (χ4n) is 4.51. The van der Waals surface area contributed by atoms with Crippen molar-refractivity contribution in [3.05, 3.63) is 10.6 Å². The molecule has 3 unspecified atom stereocenters. The number of hydrogen-bond donors (Lipinski definition) is 1. The molecule has 0 spiro atoms. The average Bonchev–Trinajstić information content (AvgIpc) is 2.92. The van der Waals surface area contributed by atoms with Crippen LogP contribution in [-0.4, -0.2) is 25.6 Å². The second-order valence-corrected chi connectivity index (χ2v) is 8.49. The maximum Gasteiger partial charge on any atom is 0.185 e. The molecule has 1 N–H and O–H groups in total. The minimum atomic E-state index is 0.759. The number of fused-ring (bicyclic) bond motifs is 2. The van der Waals surface area contributed by atoms with Crippen molar-refractivity contribution >= 4 is 16.5 Å². The van der Waals surface area contributed by atoms with Gasteiger partial charge in [-0.25, -0.2) is 4.98 Å². The molecule has 3 atom stereocenters. The van der Waals surface area contributed by atoms with Crippen LogP contribution in [0.1, 0.15) is 55.0 Å². The summed E-state index contributed by atoms with van der Waals surface area (Å²) in [5, 5.41) is 4.56. The van der Waals surface area contributed by atoms with E-state index in [1.54, 1.807) is 0 Å². The largest absolute Gasteiger partial charge is 0.351 e. The molecule has 4 heteroatoms. The summed E-state index contributed by atoms with van der Waals surface area (Å²) in [5.74, 6) is 3.74. The monoisotopic (exact) mass is 305 g/mol. The first-order valence-corrected chi connectivity index (χ1v) is 9.41. The first kappa shape index (κ1) is 14.0. The smallest absolute Gasteiger partial charge is 0.185 e. The lowest BCUT2D eigenvalue weighted by Gasteiger charge is -2.26. The van der Waals surface area contributed by atoms with Gasteiger partial charge in [0, 0.05) is 30.9 Å². The molecule has 21 heavy (non-hydrogen) atoms. The number of rotatable bonds is 6. The maximum absolute atomic E-state index is 5.00. The Morgan fingerprint density at radius 1 is 1.24 bits per heavy atom. The number of aromatic nitrogens is 1. The topological polar surface area (TPSA) is 28.2 Å². The van der Waals surface area contributed by atoms with Crippen molar-refractivity contribution in [1.29, 1.82) is 0 Å². The number of thiazole rings is 1.